The van der Waals surface area contributed by atoms with Crippen LogP contribution >= 0.6 is 15.9 Å². The van der Waals surface area contributed by atoms with Crippen LogP contribution in [0.25, 0.3) is 0 Å². The number of aryl methyl sites for hydroxylation is 1. The van der Waals surface area contributed by atoms with Crippen molar-refractivity contribution < 1.29 is 4.42 Å². The molecule has 0 fully saturated rings. The second-order valence-electron chi connectivity index (χ2n) is 4.24. The normalized spacial score (nSPS) is 12.6. The zero-order chi connectivity index (χ0) is 12.3. The van der Waals surface area contributed by atoms with Gasteiger partial charge in [-0.15, -0.1) is 0 Å². The van der Waals surface area contributed by atoms with Crippen molar-refractivity contribution in [2.75, 3.05) is 7.05 Å². The Morgan fingerprint density at radius 1 is 1.35 bits per heavy atom. The summed E-state index contributed by atoms with van der Waals surface area (Å²) in [6, 6.07) is 8.81. The first-order chi connectivity index (χ1) is 8.19. The number of furan rings is 1. The van der Waals surface area contributed by atoms with E-state index in [-0.39, 0.29) is 0 Å². The molecule has 2 aromatic rings. The van der Waals surface area contributed by atoms with Crippen LogP contribution in [0.4, 0.5) is 0 Å². The molecule has 1 aromatic heterocycles. The summed E-state index contributed by atoms with van der Waals surface area (Å²) in [5.41, 5.74) is 3.77. The summed E-state index contributed by atoms with van der Waals surface area (Å²) in [4.78, 5) is 0. The highest BCUT2D eigenvalue weighted by atomic mass is 79.9. The van der Waals surface area contributed by atoms with E-state index in [0.29, 0.717) is 6.04 Å². The maximum atomic E-state index is 5.11. The topological polar surface area (TPSA) is 25.2 Å². The molecule has 0 aliphatic heterocycles. The van der Waals surface area contributed by atoms with Gasteiger partial charge in [-0.2, -0.15) is 0 Å². The van der Waals surface area contributed by atoms with Crippen molar-refractivity contribution in [2.24, 2.45) is 0 Å². The first-order valence-corrected chi connectivity index (χ1v) is 6.44. The molecule has 17 heavy (non-hydrogen) atoms. The molecule has 1 unspecified atom stereocenters. The van der Waals surface area contributed by atoms with Crippen molar-refractivity contribution in [3.05, 3.63) is 58.0 Å². The molecule has 0 amide bonds. The summed E-state index contributed by atoms with van der Waals surface area (Å²) >= 11 is 3.54. The van der Waals surface area contributed by atoms with Crippen molar-refractivity contribution in [1.82, 2.24) is 5.32 Å². The van der Waals surface area contributed by atoms with E-state index in [4.69, 9.17) is 4.42 Å². The second kappa shape index (κ2) is 5.52. The van der Waals surface area contributed by atoms with E-state index < -0.39 is 0 Å². The number of likely N-dealkylation sites (N-methyl/N-ethyl adjacent to an activating group) is 1. The van der Waals surface area contributed by atoms with Gasteiger partial charge in [-0.3, -0.25) is 0 Å². The van der Waals surface area contributed by atoms with Crippen molar-refractivity contribution in [3.8, 4) is 0 Å². The van der Waals surface area contributed by atoms with Gasteiger partial charge in [0.2, 0.25) is 0 Å². The van der Waals surface area contributed by atoms with E-state index in [2.05, 4.69) is 46.4 Å². The Morgan fingerprint density at radius 3 is 2.76 bits per heavy atom. The monoisotopic (exact) mass is 293 g/mol. The zero-order valence-electron chi connectivity index (χ0n) is 10.0. The third-order valence-corrected chi connectivity index (χ3v) is 3.29. The molecule has 0 aliphatic rings. The van der Waals surface area contributed by atoms with Crippen molar-refractivity contribution in [1.29, 1.82) is 0 Å². The summed E-state index contributed by atoms with van der Waals surface area (Å²) in [5.74, 6) is 0. The highest BCUT2D eigenvalue weighted by Gasteiger charge is 2.11. The van der Waals surface area contributed by atoms with Gasteiger partial charge in [0.25, 0.3) is 0 Å². The Hall–Kier alpha value is -1.06. The predicted molar refractivity (Wildman–Crippen MR) is 73.1 cm³/mol. The van der Waals surface area contributed by atoms with Crippen LogP contribution < -0.4 is 5.32 Å². The van der Waals surface area contributed by atoms with Crippen LogP contribution in [0.5, 0.6) is 0 Å². The van der Waals surface area contributed by atoms with Crippen LogP contribution in [0.3, 0.4) is 0 Å². The average molecular weight is 294 g/mol. The van der Waals surface area contributed by atoms with Crippen LogP contribution in [0, 0.1) is 6.92 Å². The van der Waals surface area contributed by atoms with Crippen LogP contribution in [-0.4, -0.2) is 7.05 Å². The molecule has 90 valence electrons. The Balaban J connectivity index is 2.22. The maximum absolute atomic E-state index is 5.11. The fraction of sp³-hybridized carbons (Fsp3) is 0.286. The van der Waals surface area contributed by atoms with Crippen molar-refractivity contribution in [2.45, 2.75) is 19.4 Å². The summed E-state index contributed by atoms with van der Waals surface area (Å²) in [7, 11) is 1.99. The predicted octanol–water partition coefficient (Wildman–Crippen LogP) is 3.85. The molecular weight excluding hydrogens is 278 g/mol. The third-order valence-electron chi connectivity index (χ3n) is 2.84. The van der Waals surface area contributed by atoms with E-state index >= 15 is 0 Å². The summed E-state index contributed by atoms with van der Waals surface area (Å²) < 4.78 is 6.23. The van der Waals surface area contributed by atoms with Crippen LogP contribution in [-0.2, 0) is 6.42 Å². The van der Waals surface area contributed by atoms with Crippen LogP contribution in [0.1, 0.15) is 22.7 Å². The molecule has 2 nitrogen and oxygen atoms in total. The molecule has 0 saturated carbocycles. The van der Waals surface area contributed by atoms with Gasteiger partial charge in [0.15, 0.2) is 0 Å². The standard InChI is InChI=1S/C14H16BrNO/c1-10-5-12(8-13(15)6-10)14(16-2)7-11-3-4-17-9-11/h3-6,8-9,14,16H,7H2,1-2H3. The molecule has 1 N–H and O–H groups in total. The Labute approximate surface area is 110 Å². The smallest absolute Gasteiger partial charge is 0.0935 e. The summed E-state index contributed by atoms with van der Waals surface area (Å²) in [6.07, 6.45) is 4.45. The average Bonchev–Trinajstić information content (AvgIpc) is 2.77. The highest BCUT2D eigenvalue weighted by molar-refractivity contribution is 9.10. The lowest BCUT2D eigenvalue weighted by atomic mass is 9.99. The number of rotatable bonds is 4. The van der Waals surface area contributed by atoms with Crippen LogP contribution in [0.2, 0.25) is 0 Å². The molecule has 3 heteroatoms. The van der Waals surface area contributed by atoms with Gasteiger partial charge >= 0.3 is 0 Å². The van der Waals surface area contributed by atoms with E-state index in [1.165, 1.54) is 16.7 Å². The lowest BCUT2D eigenvalue weighted by Gasteiger charge is -2.16. The van der Waals surface area contributed by atoms with Crippen molar-refractivity contribution in [3.63, 3.8) is 0 Å². The van der Waals surface area contributed by atoms with Gasteiger partial charge in [0.1, 0.15) is 0 Å². The lowest BCUT2D eigenvalue weighted by Crippen LogP contribution is -2.18. The second-order valence-corrected chi connectivity index (χ2v) is 5.15. The molecule has 0 aliphatic carbocycles. The molecule has 0 saturated heterocycles. The van der Waals surface area contributed by atoms with E-state index in [1.807, 2.05) is 13.1 Å². The van der Waals surface area contributed by atoms with Crippen molar-refractivity contribution >= 4 is 15.9 Å². The van der Waals surface area contributed by atoms with Gasteiger partial charge in [-0.05, 0) is 55.3 Å². The third kappa shape index (κ3) is 3.20. The fourth-order valence-electron chi connectivity index (χ4n) is 2.00. The van der Waals surface area contributed by atoms with Gasteiger partial charge in [0.05, 0.1) is 12.5 Å². The minimum absolute atomic E-state index is 0.309. The minimum atomic E-state index is 0.309. The molecule has 0 bridgehead atoms. The summed E-state index contributed by atoms with van der Waals surface area (Å²) in [6.45, 7) is 2.11. The van der Waals surface area contributed by atoms with Gasteiger partial charge in [-0.1, -0.05) is 22.0 Å². The number of halogens is 1. The SMILES string of the molecule is CNC(Cc1ccoc1)c1cc(C)cc(Br)c1. The van der Waals surface area contributed by atoms with Gasteiger partial charge in [0, 0.05) is 10.5 Å². The van der Waals surface area contributed by atoms with Gasteiger partial charge in [-0.25, -0.2) is 0 Å². The lowest BCUT2D eigenvalue weighted by molar-refractivity contribution is 0.551. The van der Waals surface area contributed by atoms with Crippen LogP contribution in [0.15, 0.2) is 45.7 Å². The maximum Gasteiger partial charge on any atom is 0.0935 e. The van der Waals surface area contributed by atoms with Gasteiger partial charge < -0.3 is 9.73 Å². The molecule has 1 atom stereocenters. The number of hydrogen-bond acceptors (Lipinski definition) is 2. The first-order valence-electron chi connectivity index (χ1n) is 5.64. The first kappa shape index (κ1) is 12.4. The molecule has 0 spiro atoms. The quantitative estimate of drug-likeness (QED) is 0.926. The molecule has 2 rings (SSSR count). The summed E-state index contributed by atoms with van der Waals surface area (Å²) in [5, 5.41) is 3.35. The molecule has 1 aromatic carbocycles. The van der Waals surface area contributed by atoms with E-state index in [0.717, 1.165) is 10.9 Å². The number of hydrogen-bond donors (Lipinski definition) is 1. The Bertz CT molecular complexity index is 459. The zero-order valence-corrected chi connectivity index (χ0v) is 11.6. The molecular formula is C14H16BrNO. The fourth-order valence-corrected chi connectivity index (χ4v) is 2.62. The largest absolute Gasteiger partial charge is 0.472 e. The highest BCUT2D eigenvalue weighted by Crippen LogP contribution is 2.23. The Kier molecular flexibility index (Phi) is 4.02. The number of nitrogens with one attached hydrogen (secondary N) is 1. The molecule has 0 radical (unpaired) electrons. The van der Waals surface area contributed by atoms with E-state index in [1.54, 1.807) is 12.5 Å². The molecule has 1 heterocycles. The Morgan fingerprint density at radius 2 is 2.18 bits per heavy atom. The number of benzene rings is 1. The minimum Gasteiger partial charge on any atom is -0.472 e. The van der Waals surface area contributed by atoms with E-state index in [9.17, 15) is 0 Å².